The van der Waals surface area contributed by atoms with E-state index in [0.717, 1.165) is 6.42 Å². The van der Waals surface area contributed by atoms with Crippen molar-refractivity contribution in [2.75, 3.05) is 0 Å². The van der Waals surface area contributed by atoms with Gasteiger partial charge in [-0.15, -0.1) is 0 Å². The van der Waals surface area contributed by atoms with E-state index in [4.69, 9.17) is 28.9 Å². The third-order valence-electron chi connectivity index (χ3n) is 3.21. The van der Waals surface area contributed by atoms with Crippen LogP contribution in [-0.4, -0.2) is 6.04 Å². The molecule has 1 fully saturated rings. The molecule has 1 aromatic carbocycles. The van der Waals surface area contributed by atoms with Crippen LogP contribution in [0.25, 0.3) is 0 Å². The van der Waals surface area contributed by atoms with Crippen LogP contribution >= 0.6 is 23.2 Å². The van der Waals surface area contributed by atoms with Crippen molar-refractivity contribution in [3.63, 3.8) is 0 Å². The molecule has 0 radical (unpaired) electrons. The van der Waals surface area contributed by atoms with Crippen molar-refractivity contribution in [1.82, 2.24) is 0 Å². The van der Waals surface area contributed by atoms with Gasteiger partial charge in [-0.05, 0) is 36.0 Å². The van der Waals surface area contributed by atoms with Crippen LogP contribution in [-0.2, 0) is 0 Å². The van der Waals surface area contributed by atoms with Gasteiger partial charge < -0.3 is 5.73 Å². The van der Waals surface area contributed by atoms with Gasteiger partial charge in [-0.25, -0.2) is 0 Å². The van der Waals surface area contributed by atoms with Gasteiger partial charge in [0, 0.05) is 6.04 Å². The molecule has 76 valence electrons. The standard InChI is InChI=1S/C11H13Cl2N/c1-6-8(5-11(6)14)7-2-3-9(12)10(13)4-7/h2-4,6,8,11H,5,14H2,1H3. The lowest BCUT2D eigenvalue weighted by molar-refractivity contribution is 0.226. The van der Waals surface area contributed by atoms with Crippen molar-refractivity contribution >= 4 is 23.2 Å². The van der Waals surface area contributed by atoms with Gasteiger partial charge in [0.1, 0.15) is 0 Å². The normalized spacial score (nSPS) is 31.3. The second-order valence-corrected chi connectivity index (χ2v) is 4.85. The fraction of sp³-hybridized carbons (Fsp3) is 0.455. The number of halogens is 2. The summed E-state index contributed by atoms with van der Waals surface area (Å²) in [5.74, 6) is 1.10. The van der Waals surface area contributed by atoms with E-state index < -0.39 is 0 Å². The van der Waals surface area contributed by atoms with Gasteiger partial charge in [0.15, 0.2) is 0 Å². The second kappa shape index (κ2) is 3.73. The molecule has 1 nitrogen and oxygen atoms in total. The number of hydrogen-bond acceptors (Lipinski definition) is 1. The van der Waals surface area contributed by atoms with E-state index in [1.807, 2.05) is 18.2 Å². The lowest BCUT2D eigenvalue weighted by Crippen LogP contribution is -2.44. The van der Waals surface area contributed by atoms with Crippen molar-refractivity contribution in [3.8, 4) is 0 Å². The summed E-state index contributed by atoms with van der Waals surface area (Å²) in [5, 5.41) is 1.25. The molecule has 0 aliphatic heterocycles. The minimum Gasteiger partial charge on any atom is -0.327 e. The van der Waals surface area contributed by atoms with Crippen molar-refractivity contribution in [3.05, 3.63) is 33.8 Å². The summed E-state index contributed by atoms with van der Waals surface area (Å²) in [4.78, 5) is 0. The molecule has 14 heavy (non-hydrogen) atoms. The summed E-state index contributed by atoms with van der Waals surface area (Å²) in [6.45, 7) is 2.18. The molecule has 2 rings (SSSR count). The Kier molecular flexibility index (Phi) is 2.74. The Labute approximate surface area is 94.2 Å². The highest BCUT2D eigenvalue weighted by atomic mass is 35.5. The Morgan fingerprint density at radius 3 is 2.50 bits per heavy atom. The first-order valence-corrected chi connectivity index (χ1v) is 5.55. The fourth-order valence-corrected chi connectivity index (χ4v) is 2.31. The Hall–Kier alpha value is -0.240. The molecule has 2 N–H and O–H groups in total. The van der Waals surface area contributed by atoms with Gasteiger partial charge in [0.25, 0.3) is 0 Å². The molecule has 1 aromatic rings. The Morgan fingerprint density at radius 2 is 2.00 bits per heavy atom. The SMILES string of the molecule is CC1C(N)CC1c1ccc(Cl)c(Cl)c1. The van der Waals surface area contributed by atoms with Crippen molar-refractivity contribution < 1.29 is 0 Å². The third-order valence-corrected chi connectivity index (χ3v) is 3.95. The van der Waals surface area contributed by atoms with Crippen molar-refractivity contribution in [1.29, 1.82) is 0 Å². The number of benzene rings is 1. The van der Waals surface area contributed by atoms with Gasteiger partial charge in [-0.2, -0.15) is 0 Å². The maximum Gasteiger partial charge on any atom is 0.0595 e. The highest BCUT2D eigenvalue weighted by Gasteiger charge is 2.35. The van der Waals surface area contributed by atoms with Crippen LogP contribution in [0, 0.1) is 5.92 Å². The predicted octanol–water partition coefficient (Wildman–Crippen LogP) is 3.44. The largest absolute Gasteiger partial charge is 0.327 e. The smallest absolute Gasteiger partial charge is 0.0595 e. The quantitative estimate of drug-likeness (QED) is 0.785. The van der Waals surface area contributed by atoms with E-state index in [-0.39, 0.29) is 0 Å². The summed E-state index contributed by atoms with van der Waals surface area (Å²) in [6, 6.07) is 6.20. The average Bonchev–Trinajstić information content (AvgIpc) is 2.18. The molecular formula is C11H13Cl2N. The number of rotatable bonds is 1. The van der Waals surface area contributed by atoms with Crippen LogP contribution in [0.1, 0.15) is 24.8 Å². The molecule has 3 heteroatoms. The molecule has 0 heterocycles. The molecule has 1 aliphatic rings. The first kappa shape index (κ1) is 10.3. The summed E-state index contributed by atoms with van der Waals surface area (Å²) < 4.78 is 0. The van der Waals surface area contributed by atoms with Gasteiger partial charge in [-0.3, -0.25) is 0 Å². The zero-order valence-electron chi connectivity index (χ0n) is 8.00. The predicted molar refractivity (Wildman–Crippen MR) is 61.0 cm³/mol. The zero-order valence-corrected chi connectivity index (χ0v) is 9.52. The van der Waals surface area contributed by atoms with E-state index in [1.54, 1.807) is 0 Å². The molecule has 1 saturated carbocycles. The fourth-order valence-electron chi connectivity index (χ4n) is 2.01. The highest BCUT2D eigenvalue weighted by molar-refractivity contribution is 6.42. The summed E-state index contributed by atoms with van der Waals surface area (Å²) in [5.41, 5.74) is 7.12. The minimum atomic E-state index is 0.342. The van der Waals surface area contributed by atoms with Gasteiger partial charge in [0.05, 0.1) is 10.0 Å². The van der Waals surface area contributed by atoms with E-state index in [1.165, 1.54) is 5.56 Å². The van der Waals surface area contributed by atoms with Crippen LogP contribution in [0.2, 0.25) is 10.0 Å². The van der Waals surface area contributed by atoms with Crippen LogP contribution < -0.4 is 5.73 Å². The lowest BCUT2D eigenvalue weighted by Gasteiger charge is -2.41. The van der Waals surface area contributed by atoms with Gasteiger partial charge in [-0.1, -0.05) is 36.2 Å². The number of hydrogen-bond donors (Lipinski definition) is 1. The number of nitrogens with two attached hydrogens (primary N) is 1. The molecule has 3 unspecified atom stereocenters. The average molecular weight is 230 g/mol. The monoisotopic (exact) mass is 229 g/mol. The lowest BCUT2D eigenvalue weighted by atomic mass is 9.67. The molecule has 0 spiro atoms. The molecule has 0 amide bonds. The molecule has 3 atom stereocenters. The van der Waals surface area contributed by atoms with Crippen LogP contribution in [0.3, 0.4) is 0 Å². The van der Waals surface area contributed by atoms with Crippen molar-refractivity contribution in [2.24, 2.45) is 11.7 Å². The maximum atomic E-state index is 5.96. The van der Waals surface area contributed by atoms with E-state index in [0.29, 0.717) is 27.9 Å². The Morgan fingerprint density at radius 1 is 1.29 bits per heavy atom. The molecule has 0 saturated heterocycles. The second-order valence-electron chi connectivity index (χ2n) is 4.04. The molecule has 0 bridgehead atoms. The topological polar surface area (TPSA) is 26.0 Å². The van der Waals surface area contributed by atoms with E-state index in [2.05, 4.69) is 6.92 Å². The maximum absolute atomic E-state index is 5.96. The summed E-state index contributed by atoms with van der Waals surface area (Å²) >= 11 is 11.8. The Balaban J connectivity index is 2.22. The van der Waals surface area contributed by atoms with Crippen molar-refractivity contribution in [2.45, 2.75) is 25.3 Å². The summed E-state index contributed by atoms with van der Waals surface area (Å²) in [7, 11) is 0. The Bertz CT molecular complexity index is 351. The zero-order chi connectivity index (χ0) is 10.3. The first-order valence-electron chi connectivity index (χ1n) is 4.80. The minimum absolute atomic E-state index is 0.342. The molecular weight excluding hydrogens is 217 g/mol. The van der Waals surface area contributed by atoms with Crippen LogP contribution in [0.15, 0.2) is 18.2 Å². The van der Waals surface area contributed by atoms with E-state index >= 15 is 0 Å². The molecule has 0 aromatic heterocycles. The van der Waals surface area contributed by atoms with Crippen LogP contribution in [0.5, 0.6) is 0 Å². The van der Waals surface area contributed by atoms with E-state index in [9.17, 15) is 0 Å². The van der Waals surface area contributed by atoms with Gasteiger partial charge in [0.2, 0.25) is 0 Å². The molecule has 1 aliphatic carbocycles. The van der Waals surface area contributed by atoms with Crippen LogP contribution in [0.4, 0.5) is 0 Å². The van der Waals surface area contributed by atoms with Gasteiger partial charge >= 0.3 is 0 Å². The third kappa shape index (κ3) is 1.65. The highest BCUT2D eigenvalue weighted by Crippen LogP contribution is 2.42. The first-order chi connectivity index (χ1) is 6.59. The summed E-state index contributed by atoms with van der Waals surface area (Å²) in [6.07, 6.45) is 1.05.